The van der Waals surface area contributed by atoms with Gasteiger partial charge in [0, 0.05) is 6.54 Å². The van der Waals surface area contributed by atoms with E-state index in [2.05, 4.69) is 72.9 Å². The third-order valence-corrected chi connectivity index (χ3v) is 4.60. The molecule has 1 N–H and O–H groups in total. The summed E-state index contributed by atoms with van der Waals surface area (Å²) in [4.78, 5) is 0. The molecule has 3 rings (SSSR count). The maximum Gasteiger partial charge on any atom is 0.00230 e. The van der Waals surface area contributed by atoms with Crippen molar-refractivity contribution < 1.29 is 0 Å². The van der Waals surface area contributed by atoms with Crippen LogP contribution in [0, 0.1) is 5.92 Å². The summed E-state index contributed by atoms with van der Waals surface area (Å²) in [7, 11) is 0. The van der Waals surface area contributed by atoms with E-state index >= 15 is 0 Å². The molecule has 0 aromatic heterocycles. The van der Waals surface area contributed by atoms with E-state index in [0.717, 1.165) is 24.9 Å². The summed E-state index contributed by atoms with van der Waals surface area (Å²) in [5.74, 6) is 2.18. The van der Waals surface area contributed by atoms with Crippen LogP contribution in [0.1, 0.15) is 42.7 Å². The molecule has 0 heterocycles. The molecule has 0 saturated heterocycles. The van der Waals surface area contributed by atoms with E-state index < -0.39 is 0 Å². The van der Waals surface area contributed by atoms with Gasteiger partial charge in [0.2, 0.25) is 0 Å². The second kappa shape index (κ2) is 6.91. The first-order valence-electron chi connectivity index (χ1n) is 8.20. The van der Waals surface area contributed by atoms with Crippen LogP contribution in [-0.2, 0) is 0 Å². The molecule has 0 amide bonds. The first-order chi connectivity index (χ1) is 10.4. The lowest BCUT2D eigenvalue weighted by Gasteiger charge is -2.18. The van der Waals surface area contributed by atoms with Gasteiger partial charge in [-0.05, 0) is 48.3 Å². The molecular weight excluding hydrogens is 254 g/mol. The van der Waals surface area contributed by atoms with Crippen LogP contribution >= 0.6 is 0 Å². The van der Waals surface area contributed by atoms with E-state index in [1.54, 1.807) is 0 Å². The van der Waals surface area contributed by atoms with Crippen molar-refractivity contribution in [1.29, 1.82) is 0 Å². The standard InChI is InChI=1S/C20H25N/c1-2-13-21-15-20(17-11-7-4-8-12-17)19-14-18(19)16-9-5-3-6-10-16/h3-12,18-21H,2,13-15H2,1H3. The number of benzene rings is 2. The molecule has 1 aliphatic carbocycles. The Labute approximate surface area is 128 Å². The second-order valence-corrected chi connectivity index (χ2v) is 6.14. The van der Waals surface area contributed by atoms with E-state index in [-0.39, 0.29) is 0 Å². The highest BCUT2D eigenvalue weighted by atomic mass is 14.9. The second-order valence-electron chi connectivity index (χ2n) is 6.14. The first kappa shape index (κ1) is 14.3. The van der Waals surface area contributed by atoms with Crippen molar-refractivity contribution in [3.63, 3.8) is 0 Å². The molecule has 3 unspecified atom stereocenters. The minimum Gasteiger partial charge on any atom is -0.316 e. The van der Waals surface area contributed by atoms with E-state index in [1.807, 2.05) is 0 Å². The summed E-state index contributed by atoms with van der Waals surface area (Å²) in [6, 6.07) is 22.0. The first-order valence-corrected chi connectivity index (χ1v) is 8.20. The van der Waals surface area contributed by atoms with Gasteiger partial charge in [0.25, 0.3) is 0 Å². The third kappa shape index (κ3) is 3.54. The number of nitrogens with one attached hydrogen (secondary N) is 1. The van der Waals surface area contributed by atoms with Crippen LogP contribution in [0.3, 0.4) is 0 Å². The molecule has 1 heteroatoms. The SMILES string of the molecule is CCCNCC(c1ccccc1)C1CC1c1ccccc1. The van der Waals surface area contributed by atoms with Gasteiger partial charge in [0.1, 0.15) is 0 Å². The van der Waals surface area contributed by atoms with E-state index in [4.69, 9.17) is 0 Å². The maximum absolute atomic E-state index is 3.63. The Kier molecular flexibility index (Phi) is 4.72. The summed E-state index contributed by atoms with van der Waals surface area (Å²) in [6.45, 7) is 4.45. The van der Waals surface area contributed by atoms with Gasteiger partial charge in [0.15, 0.2) is 0 Å². The third-order valence-electron chi connectivity index (χ3n) is 4.60. The van der Waals surface area contributed by atoms with E-state index in [0.29, 0.717) is 5.92 Å². The summed E-state index contributed by atoms with van der Waals surface area (Å²) in [5.41, 5.74) is 3.00. The molecule has 0 spiro atoms. The molecule has 1 aliphatic rings. The van der Waals surface area contributed by atoms with Crippen LogP contribution < -0.4 is 5.32 Å². The average Bonchev–Trinajstić information content (AvgIpc) is 3.34. The van der Waals surface area contributed by atoms with Gasteiger partial charge in [-0.25, -0.2) is 0 Å². The molecule has 1 saturated carbocycles. The van der Waals surface area contributed by atoms with Crippen molar-refractivity contribution in [3.8, 4) is 0 Å². The van der Waals surface area contributed by atoms with E-state index in [9.17, 15) is 0 Å². The Balaban J connectivity index is 1.71. The van der Waals surface area contributed by atoms with Gasteiger partial charge in [-0.3, -0.25) is 0 Å². The number of hydrogen-bond donors (Lipinski definition) is 1. The Hall–Kier alpha value is -1.60. The molecule has 1 fully saturated rings. The van der Waals surface area contributed by atoms with Crippen molar-refractivity contribution >= 4 is 0 Å². The van der Waals surface area contributed by atoms with Crippen molar-refractivity contribution in [1.82, 2.24) is 5.32 Å². The zero-order valence-electron chi connectivity index (χ0n) is 12.8. The molecule has 21 heavy (non-hydrogen) atoms. The Bertz CT molecular complexity index is 534. The smallest absolute Gasteiger partial charge is 0.00230 e. The fourth-order valence-corrected chi connectivity index (χ4v) is 3.39. The maximum atomic E-state index is 3.63. The van der Waals surface area contributed by atoms with Crippen LogP contribution in [0.5, 0.6) is 0 Å². The zero-order chi connectivity index (χ0) is 14.5. The van der Waals surface area contributed by atoms with Crippen molar-refractivity contribution in [2.75, 3.05) is 13.1 Å². The summed E-state index contributed by atoms with van der Waals surface area (Å²) >= 11 is 0. The van der Waals surface area contributed by atoms with Crippen LogP contribution in [0.25, 0.3) is 0 Å². The monoisotopic (exact) mass is 279 g/mol. The minimum absolute atomic E-state index is 0.642. The lowest BCUT2D eigenvalue weighted by Crippen LogP contribution is -2.23. The quantitative estimate of drug-likeness (QED) is 0.732. The van der Waals surface area contributed by atoms with Crippen molar-refractivity contribution in [2.24, 2.45) is 5.92 Å². The van der Waals surface area contributed by atoms with E-state index in [1.165, 1.54) is 24.0 Å². The molecular formula is C20H25N. The van der Waals surface area contributed by atoms with Crippen LogP contribution in [0.15, 0.2) is 60.7 Å². The Morgan fingerprint density at radius 3 is 2.33 bits per heavy atom. The minimum atomic E-state index is 0.642. The predicted molar refractivity (Wildman–Crippen MR) is 89.6 cm³/mol. The van der Waals surface area contributed by atoms with Crippen LogP contribution in [0.4, 0.5) is 0 Å². The highest BCUT2D eigenvalue weighted by molar-refractivity contribution is 5.31. The lowest BCUT2D eigenvalue weighted by atomic mass is 9.91. The molecule has 1 nitrogen and oxygen atoms in total. The molecule has 0 radical (unpaired) electrons. The molecule has 0 bridgehead atoms. The van der Waals surface area contributed by atoms with Crippen LogP contribution in [-0.4, -0.2) is 13.1 Å². The van der Waals surface area contributed by atoms with Gasteiger partial charge in [-0.2, -0.15) is 0 Å². The largest absolute Gasteiger partial charge is 0.316 e. The van der Waals surface area contributed by atoms with Crippen molar-refractivity contribution in [3.05, 3.63) is 71.8 Å². The fraction of sp³-hybridized carbons (Fsp3) is 0.400. The highest BCUT2D eigenvalue weighted by Crippen LogP contribution is 2.54. The molecule has 2 aromatic carbocycles. The Morgan fingerprint density at radius 2 is 1.67 bits per heavy atom. The van der Waals surface area contributed by atoms with Crippen molar-refractivity contribution in [2.45, 2.75) is 31.6 Å². The van der Waals surface area contributed by atoms with Gasteiger partial charge in [-0.1, -0.05) is 67.6 Å². The fourth-order valence-electron chi connectivity index (χ4n) is 3.39. The average molecular weight is 279 g/mol. The molecule has 110 valence electrons. The Morgan fingerprint density at radius 1 is 1.00 bits per heavy atom. The van der Waals surface area contributed by atoms with Gasteiger partial charge in [0.05, 0.1) is 0 Å². The summed E-state index contributed by atoms with van der Waals surface area (Å²) < 4.78 is 0. The van der Waals surface area contributed by atoms with Gasteiger partial charge in [-0.15, -0.1) is 0 Å². The highest BCUT2D eigenvalue weighted by Gasteiger charge is 2.43. The topological polar surface area (TPSA) is 12.0 Å². The normalized spacial score (nSPS) is 22.0. The molecule has 0 aliphatic heterocycles. The predicted octanol–water partition coefficient (Wildman–Crippen LogP) is 4.57. The summed E-state index contributed by atoms with van der Waals surface area (Å²) in [5, 5.41) is 3.63. The zero-order valence-corrected chi connectivity index (χ0v) is 12.8. The van der Waals surface area contributed by atoms with Gasteiger partial charge >= 0.3 is 0 Å². The van der Waals surface area contributed by atoms with Gasteiger partial charge < -0.3 is 5.32 Å². The molecule has 3 atom stereocenters. The number of hydrogen-bond acceptors (Lipinski definition) is 1. The van der Waals surface area contributed by atoms with Crippen LogP contribution in [0.2, 0.25) is 0 Å². The lowest BCUT2D eigenvalue weighted by molar-refractivity contribution is 0.525. The number of rotatable bonds is 7. The summed E-state index contributed by atoms with van der Waals surface area (Å²) in [6.07, 6.45) is 2.53. The molecule has 2 aromatic rings.